The summed E-state index contributed by atoms with van der Waals surface area (Å²) < 4.78 is 20.6. The van der Waals surface area contributed by atoms with Gasteiger partial charge in [0.15, 0.2) is 0 Å². The number of aromatic amines is 1. The van der Waals surface area contributed by atoms with Crippen LogP contribution in [0.1, 0.15) is 56.3 Å². The Balaban J connectivity index is 1.86. The molecule has 6 atom stereocenters. The molecule has 5 N–H and O–H groups in total. The van der Waals surface area contributed by atoms with E-state index in [2.05, 4.69) is 15.3 Å². The van der Waals surface area contributed by atoms with Crippen LogP contribution < -0.4 is 11.1 Å². The van der Waals surface area contributed by atoms with E-state index >= 15 is 0 Å². The summed E-state index contributed by atoms with van der Waals surface area (Å²) in [5.41, 5.74) is 6.77. The van der Waals surface area contributed by atoms with Crippen molar-refractivity contribution in [1.82, 2.24) is 20.2 Å². The highest BCUT2D eigenvalue weighted by molar-refractivity contribution is 5.95. The summed E-state index contributed by atoms with van der Waals surface area (Å²) >= 11 is 0. The van der Waals surface area contributed by atoms with Gasteiger partial charge in [-0.3, -0.25) is 9.59 Å². The molecule has 214 valence electrons. The highest BCUT2D eigenvalue weighted by Crippen LogP contribution is 2.25. The molecule has 2 amide bonds. The van der Waals surface area contributed by atoms with Gasteiger partial charge < -0.3 is 30.8 Å². The van der Waals surface area contributed by atoms with Crippen molar-refractivity contribution in [3.8, 4) is 0 Å². The standard InChI is InChI=1S/C28H40FN5O5/c1-17-6-4-10-31-25(36)9-8-18(2)26(19(3)15-30)39-28(38)23-7-5-11-34(23)27(37)22-16-32-24(33-22)14-20(29)13-21(35)12-17/h4,6,8-9,12,16,18-21,23,26,35H,5,7,10-11,13-15,30H2,1-3H3,(H,31,36)(H,32,33)/b6-4+,9-8+,17-12+. The molecule has 3 rings (SSSR count). The van der Waals surface area contributed by atoms with Gasteiger partial charge >= 0.3 is 5.97 Å². The van der Waals surface area contributed by atoms with Crippen LogP contribution in [0.2, 0.25) is 0 Å². The summed E-state index contributed by atoms with van der Waals surface area (Å²) in [7, 11) is 0. The Bertz CT molecular complexity index is 1100. The molecule has 0 aliphatic carbocycles. The first-order chi connectivity index (χ1) is 18.6. The Kier molecular flexibility index (Phi) is 11.0. The fourth-order valence-corrected chi connectivity index (χ4v) is 4.87. The molecule has 2 bridgehead atoms. The number of rotatable bonds is 2. The summed E-state index contributed by atoms with van der Waals surface area (Å²) in [5, 5.41) is 13.0. The highest BCUT2D eigenvalue weighted by Gasteiger charge is 2.38. The Labute approximate surface area is 228 Å². The zero-order valence-electron chi connectivity index (χ0n) is 22.8. The largest absolute Gasteiger partial charge is 0.460 e. The van der Waals surface area contributed by atoms with E-state index in [0.29, 0.717) is 19.4 Å². The molecule has 1 aromatic rings. The minimum Gasteiger partial charge on any atom is -0.460 e. The number of H-pyrrole nitrogens is 1. The molecule has 1 aromatic heterocycles. The topological polar surface area (TPSA) is 151 Å². The Hall–Kier alpha value is -3.31. The summed E-state index contributed by atoms with van der Waals surface area (Å²) in [6.07, 6.45) is 7.25. The van der Waals surface area contributed by atoms with Crippen LogP contribution in [0.15, 0.2) is 42.2 Å². The molecule has 2 aliphatic rings. The second kappa shape index (κ2) is 14.2. The van der Waals surface area contributed by atoms with E-state index in [1.54, 1.807) is 31.2 Å². The van der Waals surface area contributed by atoms with E-state index < -0.39 is 36.3 Å². The molecule has 0 aromatic carbocycles. The number of imidazole rings is 1. The first-order valence-corrected chi connectivity index (χ1v) is 13.5. The number of amides is 2. The Morgan fingerprint density at radius 2 is 2.08 bits per heavy atom. The van der Waals surface area contributed by atoms with Gasteiger partial charge in [-0.25, -0.2) is 14.2 Å². The lowest BCUT2D eigenvalue weighted by atomic mass is 9.92. The molecule has 2 aliphatic heterocycles. The van der Waals surface area contributed by atoms with Gasteiger partial charge in [0, 0.05) is 37.8 Å². The summed E-state index contributed by atoms with van der Waals surface area (Å²) in [6, 6.07) is -0.774. The molecule has 39 heavy (non-hydrogen) atoms. The molecule has 10 nitrogen and oxygen atoms in total. The van der Waals surface area contributed by atoms with Gasteiger partial charge in [-0.05, 0) is 32.4 Å². The third kappa shape index (κ3) is 8.59. The number of aromatic nitrogens is 2. The van der Waals surface area contributed by atoms with Crippen LogP contribution in [0.25, 0.3) is 0 Å². The fourth-order valence-electron chi connectivity index (χ4n) is 4.87. The van der Waals surface area contributed by atoms with Crippen LogP contribution in [-0.2, 0) is 20.7 Å². The number of aliphatic hydroxyl groups excluding tert-OH is 1. The number of carbonyl (C=O) groups is 3. The number of fused-ring (bicyclic) bond motifs is 3. The van der Waals surface area contributed by atoms with Gasteiger partial charge in [-0.1, -0.05) is 43.7 Å². The molecule has 3 heterocycles. The Morgan fingerprint density at radius 3 is 2.82 bits per heavy atom. The first-order valence-electron chi connectivity index (χ1n) is 13.5. The second-order valence-electron chi connectivity index (χ2n) is 10.4. The van der Waals surface area contributed by atoms with Gasteiger partial charge in [0.2, 0.25) is 5.91 Å². The third-order valence-electron chi connectivity index (χ3n) is 7.04. The maximum absolute atomic E-state index is 14.7. The van der Waals surface area contributed by atoms with E-state index in [0.717, 1.165) is 5.57 Å². The van der Waals surface area contributed by atoms with Crippen LogP contribution in [-0.4, -0.2) is 81.8 Å². The van der Waals surface area contributed by atoms with E-state index in [1.165, 1.54) is 17.2 Å². The van der Waals surface area contributed by atoms with Crippen molar-refractivity contribution in [3.63, 3.8) is 0 Å². The van der Waals surface area contributed by atoms with Gasteiger partial charge in [-0.2, -0.15) is 0 Å². The smallest absolute Gasteiger partial charge is 0.329 e. The Morgan fingerprint density at radius 1 is 1.31 bits per heavy atom. The molecule has 11 heteroatoms. The average Bonchev–Trinajstić information content (AvgIpc) is 3.57. The van der Waals surface area contributed by atoms with Gasteiger partial charge in [-0.15, -0.1) is 0 Å². The molecule has 1 saturated heterocycles. The number of ether oxygens (including phenoxy) is 1. The van der Waals surface area contributed by atoms with Crippen LogP contribution >= 0.6 is 0 Å². The first kappa shape index (κ1) is 30.2. The maximum atomic E-state index is 14.7. The van der Waals surface area contributed by atoms with Crippen molar-refractivity contribution in [1.29, 1.82) is 0 Å². The van der Waals surface area contributed by atoms with Gasteiger partial charge in [0.25, 0.3) is 5.91 Å². The molecule has 1 fully saturated rings. The molecule has 0 radical (unpaired) electrons. The monoisotopic (exact) mass is 545 g/mol. The minimum absolute atomic E-state index is 0.103. The lowest BCUT2D eigenvalue weighted by Crippen LogP contribution is -2.45. The van der Waals surface area contributed by atoms with Crippen molar-refractivity contribution < 1.29 is 28.6 Å². The van der Waals surface area contributed by atoms with Crippen LogP contribution in [0, 0.1) is 11.8 Å². The van der Waals surface area contributed by atoms with Crippen molar-refractivity contribution in [2.45, 2.75) is 70.9 Å². The van der Waals surface area contributed by atoms with E-state index in [4.69, 9.17) is 10.5 Å². The predicted octanol–water partition coefficient (Wildman–Crippen LogP) is 1.98. The van der Waals surface area contributed by atoms with Crippen molar-refractivity contribution >= 4 is 17.8 Å². The fraction of sp³-hybridized carbons (Fsp3) is 0.571. The van der Waals surface area contributed by atoms with Crippen molar-refractivity contribution in [2.24, 2.45) is 17.6 Å². The summed E-state index contributed by atoms with van der Waals surface area (Å²) in [6.45, 7) is 6.39. The predicted molar refractivity (Wildman–Crippen MR) is 144 cm³/mol. The van der Waals surface area contributed by atoms with E-state index in [9.17, 15) is 23.9 Å². The molecular formula is C28H40FN5O5. The number of alkyl halides is 1. The number of hydrogen-bond acceptors (Lipinski definition) is 7. The van der Waals surface area contributed by atoms with Crippen molar-refractivity contribution in [3.05, 3.63) is 53.7 Å². The number of halogens is 1. The number of cyclic esters (lactones) is 1. The van der Waals surface area contributed by atoms with Crippen LogP contribution in [0.5, 0.6) is 0 Å². The zero-order chi connectivity index (χ0) is 28.5. The summed E-state index contributed by atoms with van der Waals surface area (Å²) in [4.78, 5) is 47.3. The SMILES string of the molecule is CC1=C\C(O)CC(F)Cc2ncc([nH]2)C(=O)N2CCCC2C(=O)OC(C(C)CN)C(C)/C=C/C(=O)NC\C=C\1. The lowest BCUT2D eigenvalue weighted by Gasteiger charge is -2.30. The number of nitrogens with zero attached hydrogens (tertiary/aromatic N) is 2. The van der Waals surface area contributed by atoms with Crippen molar-refractivity contribution in [2.75, 3.05) is 19.6 Å². The molecule has 0 saturated carbocycles. The number of nitrogens with one attached hydrogen (secondary N) is 2. The lowest BCUT2D eigenvalue weighted by molar-refractivity contribution is -0.158. The second-order valence-corrected chi connectivity index (χ2v) is 10.4. The number of nitrogens with two attached hydrogens (primary N) is 1. The van der Waals surface area contributed by atoms with E-state index in [1.807, 2.05) is 13.8 Å². The quantitative estimate of drug-likeness (QED) is 0.415. The number of aliphatic hydroxyl groups is 1. The van der Waals surface area contributed by atoms with Crippen LogP contribution in [0.3, 0.4) is 0 Å². The number of esters is 1. The molecular weight excluding hydrogens is 505 g/mol. The van der Waals surface area contributed by atoms with Crippen LogP contribution in [0.4, 0.5) is 4.39 Å². The third-order valence-corrected chi connectivity index (χ3v) is 7.04. The highest BCUT2D eigenvalue weighted by atomic mass is 19.1. The van der Waals surface area contributed by atoms with Gasteiger partial charge in [0.05, 0.1) is 12.3 Å². The maximum Gasteiger partial charge on any atom is 0.329 e. The van der Waals surface area contributed by atoms with Gasteiger partial charge in [0.1, 0.15) is 29.8 Å². The number of allylic oxidation sites excluding steroid dienone is 2. The molecule has 0 spiro atoms. The normalized spacial score (nSPS) is 31.8. The summed E-state index contributed by atoms with van der Waals surface area (Å²) in [5.74, 6) is -1.47. The average molecular weight is 546 g/mol. The molecule has 6 unspecified atom stereocenters. The number of hydrogen-bond donors (Lipinski definition) is 4. The minimum atomic E-state index is -1.40. The number of carbonyl (C=O) groups excluding carboxylic acids is 3. The van der Waals surface area contributed by atoms with E-state index in [-0.39, 0.29) is 55.2 Å². The zero-order valence-corrected chi connectivity index (χ0v) is 22.8.